The molecule has 5 aliphatic heterocycles. The minimum Gasteiger partial charge on any atom is -0.449 e. The van der Waals surface area contributed by atoms with Crippen molar-refractivity contribution in [1.29, 1.82) is 0 Å². The Hall–Kier alpha value is -17.5. The molecule has 5 amide bonds. The summed E-state index contributed by atoms with van der Waals surface area (Å²) in [5, 5.41) is 0. The number of H-pyrrole nitrogens is 5. The van der Waals surface area contributed by atoms with Gasteiger partial charge in [0.15, 0.2) is 29.1 Å². The summed E-state index contributed by atoms with van der Waals surface area (Å²) in [6.07, 6.45) is 18.9. The molecule has 0 aliphatic carbocycles. The highest BCUT2D eigenvalue weighted by Gasteiger charge is 2.35. The van der Waals surface area contributed by atoms with Crippen molar-refractivity contribution in [3.8, 4) is 57.6 Å². The van der Waals surface area contributed by atoms with Crippen LogP contribution in [0.25, 0.3) is 57.6 Å². The van der Waals surface area contributed by atoms with Gasteiger partial charge in [0.05, 0.1) is 34.4 Å². The third-order valence-electron chi connectivity index (χ3n) is 24.0. The van der Waals surface area contributed by atoms with Gasteiger partial charge in [-0.1, -0.05) is 176 Å². The van der Waals surface area contributed by atoms with Crippen molar-refractivity contribution in [2.24, 2.45) is 0 Å². The number of fused-ring (bicyclic) bond motifs is 5. The van der Waals surface area contributed by atoms with E-state index in [0.29, 0.717) is 223 Å². The molecule has 5 N–H and O–H groups in total. The van der Waals surface area contributed by atoms with E-state index in [1.165, 1.54) is 15.4 Å². The summed E-state index contributed by atoms with van der Waals surface area (Å²) < 4.78 is 5.45. The lowest BCUT2D eigenvalue weighted by Crippen LogP contribution is -2.39. The minimum atomic E-state index is -0.484. The van der Waals surface area contributed by atoms with Gasteiger partial charge >= 0.3 is 6.09 Å². The number of rotatable bonds is 18. The van der Waals surface area contributed by atoms with E-state index in [-0.39, 0.29) is 63.9 Å². The number of hydrogen-bond donors (Lipinski definition) is 5. The van der Waals surface area contributed by atoms with Crippen LogP contribution in [0.5, 0.6) is 0 Å². The lowest BCUT2D eigenvalue weighted by atomic mass is 9.88. The van der Waals surface area contributed by atoms with E-state index >= 15 is 0 Å². The Labute approximate surface area is 797 Å². The molecule has 16 aromatic rings. The van der Waals surface area contributed by atoms with Crippen LogP contribution in [0, 0.1) is 0 Å². The van der Waals surface area contributed by atoms with Crippen molar-refractivity contribution in [3.63, 3.8) is 0 Å². The highest BCUT2D eigenvalue weighted by atomic mass is 16.6. The molecule has 0 spiro atoms. The van der Waals surface area contributed by atoms with Gasteiger partial charge in [0, 0.05) is 101 Å². The molecule has 139 heavy (non-hydrogen) atoms. The van der Waals surface area contributed by atoms with Gasteiger partial charge in [0.25, 0.3) is 39.6 Å². The Morgan fingerprint density at radius 3 is 0.950 bits per heavy atom. The summed E-state index contributed by atoms with van der Waals surface area (Å²) in [5.74, 6) is 3.46. The van der Waals surface area contributed by atoms with Gasteiger partial charge in [-0.2, -0.15) is 0 Å². The molecule has 5 aromatic carbocycles. The van der Waals surface area contributed by atoms with Crippen molar-refractivity contribution < 1.29 is 28.7 Å². The number of aromatic amines is 5. The first-order valence-corrected chi connectivity index (χ1v) is 46.2. The van der Waals surface area contributed by atoms with Crippen LogP contribution >= 0.6 is 0 Å². The molecule has 0 saturated carbocycles. The van der Waals surface area contributed by atoms with Crippen LogP contribution < -0.4 is 52.3 Å². The number of hydrogen-bond acceptors (Lipinski definition) is 22. The number of nitrogens with zero attached hydrogens (tertiary/aromatic N) is 16. The number of ether oxygens (including phenoxy) is 1. The largest absolute Gasteiger partial charge is 0.449 e. The highest BCUT2D eigenvalue weighted by molar-refractivity contribution is 6.07. The summed E-state index contributed by atoms with van der Waals surface area (Å²) in [6.45, 7) is 2.91. The predicted molar refractivity (Wildman–Crippen MR) is 528 cm³/mol. The highest BCUT2D eigenvalue weighted by Crippen LogP contribution is 2.35. The molecule has 11 aromatic heterocycles. The molecule has 0 saturated heterocycles. The van der Waals surface area contributed by atoms with Gasteiger partial charge < -0.3 is 29.7 Å². The molecular weight excluding hydrogens is 1760 g/mol. The Morgan fingerprint density at radius 2 is 0.597 bits per heavy atom. The third-order valence-corrected chi connectivity index (χ3v) is 24.0. The van der Waals surface area contributed by atoms with Gasteiger partial charge in [-0.3, -0.25) is 97.6 Å². The maximum Gasteiger partial charge on any atom is 0.415 e. The summed E-state index contributed by atoms with van der Waals surface area (Å²) in [7, 11) is 0. The molecule has 0 fully saturated rings. The number of aryl methyl sites for hydroxylation is 1. The van der Waals surface area contributed by atoms with Gasteiger partial charge in [-0.05, 0) is 184 Å². The number of anilines is 5. The lowest BCUT2D eigenvalue weighted by Gasteiger charge is -2.29. The van der Waals surface area contributed by atoms with E-state index in [2.05, 4.69) is 116 Å². The predicted octanol–water partition coefficient (Wildman–Crippen LogP) is 14.7. The zero-order chi connectivity index (χ0) is 95.8. The molecule has 5 aliphatic rings. The number of aromatic nitrogens is 16. The number of pyridine rings is 6. The molecule has 16 heterocycles. The molecule has 32 nitrogen and oxygen atoms in total. The van der Waals surface area contributed by atoms with Gasteiger partial charge in [-0.15, -0.1) is 0 Å². The SMILES string of the molecule is O=C(CC(c1ccccc1)c1ccccc1)N1CCCc2c1nc(-c1ccccn1)[nH]c2=O.O=C(CCCc1ccccc1)N1CCCc2c1nc(-c1ccccn1)[nH]c2=O.O=C(OCCc1ccccc1)N1CCCc2c1nc(-c1ccccn1)[nH]c2=O.O=C(c1ccccc1)N1CCCc2c1nc(-c1ccccn1)[nH]c2=O.O=C(c1ccccn1)N1CCCc2c1nc(-c1ccccn1)[nH]c2=O. The zero-order valence-corrected chi connectivity index (χ0v) is 75.9. The normalized spacial score (nSPS) is 13.2. The van der Waals surface area contributed by atoms with Gasteiger partial charge in [0.2, 0.25) is 11.8 Å². The van der Waals surface area contributed by atoms with Crippen molar-refractivity contribution in [3.05, 3.63) is 411 Å². The molecular formula is C107H97N21O11. The quantitative estimate of drug-likeness (QED) is 0.0532. The topological polar surface area (TPSA) is 417 Å². The Morgan fingerprint density at radius 1 is 0.302 bits per heavy atom. The number of carbonyl (C=O) groups excluding carboxylic acids is 5. The summed E-state index contributed by atoms with van der Waals surface area (Å²) in [6, 6.07) is 81.3. The van der Waals surface area contributed by atoms with Crippen LogP contribution in [-0.2, 0) is 59.3 Å². The fourth-order valence-electron chi connectivity index (χ4n) is 17.1. The van der Waals surface area contributed by atoms with Crippen LogP contribution in [0.15, 0.2) is 322 Å². The minimum absolute atomic E-state index is 0.0157. The molecule has 0 bridgehead atoms. The summed E-state index contributed by atoms with van der Waals surface area (Å²) >= 11 is 0. The molecule has 32 heteroatoms. The first kappa shape index (κ1) is 93.4. The molecule has 0 atom stereocenters. The monoisotopic (exact) mass is 1850 g/mol. The van der Waals surface area contributed by atoms with Crippen molar-refractivity contribution in [1.82, 2.24) is 79.7 Å². The first-order valence-electron chi connectivity index (χ1n) is 46.2. The van der Waals surface area contributed by atoms with Crippen LogP contribution in [0.3, 0.4) is 0 Å². The molecule has 0 radical (unpaired) electrons. The average Bonchev–Trinajstić information content (AvgIpc) is 0.839. The van der Waals surface area contributed by atoms with Crippen molar-refractivity contribution in [2.75, 3.05) is 63.8 Å². The van der Waals surface area contributed by atoms with Crippen LogP contribution in [0.1, 0.15) is 128 Å². The Kier molecular flexibility index (Phi) is 30.3. The molecule has 696 valence electrons. The van der Waals surface area contributed by atoms with Crippen LogP contribution in [0.2, 0.25) is 0 Å². The van der Waals surface area contributed by atoms with Crippen LogP contribution in [0.4, 0.5) is 33.9 Å². The smallest absolute Gasteiger partial charge is 0.415 e. The number of benzene rings is 5. The maximum absolute atomic E-state index is 13.6. The summed E-state index contributed by atoms with van der Waals surface area (Å²) in [5.41, 5.74) is 9.88. The average molecular weight is 1850 g/mol. The Balaban J connectivity index is 0.000000120. The van der Waals surface area contributed by atoms with Crippen LogP contribution in [-0.4, -0.2) is 149 Å². The van der Waals surface area contributed by atoms with E-state index in [4.69, 9.17) is 4.74 Å². The first-order chi connectivity index (χ1) is 68.1. The lowest BCUT2D eigenvalue weighted by molar-refractivity contribution is -0.119. The number of nitrogens with one attached hydrogen (secondary N) is 5. The zero-order valence-electron chi connectivity index (χ0n) is 75.9. The fraction of sp³-hybridized carbons (Fsp3) is 0.206. The number of amides is 5. The molecule has 21 rings (SSSR count). The second-order valence-corrected chi connectivity index (χ2v) is 33.2. The standard InChI is InChI=1S/C27H24N4O2.C22H22N4O2.C21H20N4O3.C19H16N4O2.C18H15N5O2/c32-24(18-22(19-10-3-1-4-11-19)20-12-5-2-6-13-20)31-17-9-14-21-26(31)29-25(30-27(21)33)23-15-7-8-16-28-23;27-19(13-6-10-16-8-2-1-3-9-16)26-15-7-11-17-21(26)24-20(25-22(17)28)18-12-4-5-14-23-18;26-20-16-9-6-13-25(21(27)28-14-11-15-7-2-1-3-8-15)19(16)23-18(24-20)17-10-4-5-12-22-17;24-18-14-9-6-12-23(19(25)13-7-2-1-3-8-13)17(14)21-16(22-18)15-10-4-5-11-20-15;24-17-12-6-5-11-23(18(25)14-8-2-4-10-20-14)16(12)21-15(22-17)13-7-1-3-9-19-13/h1-8,10-13,15-16,22H,9,14,17-18H2,(H,29,30,33);1-5,8-9,12,14H,6-7,10-11,13,15H2,(H,24,25,28);1-5,7-8,10,12H,6,9,11,13-14H2,(H,23,24,26);1-5,7-8,10-11H,6,9,12H2,(H,21,22,24);1-4,7-10H,5-6,11H2,(H,21,22,24). The van der Waals surface area contributed by atoms with Gasteiger partial charge in [0.1, 0.15) is 63.3 Å². The van der Waals surface area contributed by atoms with E-state index < -0.39 is 6.09 Å². The summed E-state index contributed by atoms with van der Waals surface area (Å²) in [4.78, 5) is 198. The Bertz CT molecular complexity index is 6920. The van der Waals surface area contributed by atoms with E-state index in [0.717, 1.165) is 48.8 Å². The van der Waals surface area contributed by atoms with E-state index in [1.54, 1.807) is 131 Å². The van der Waals surface area contributed by atoms with E-state index in [9.17, 15) is 47.9 Å². The maximum atomic E-state index is 13.6. The van der Waals surface area contributed by atoms with Crippen molar-refractivity contribution >= 4 is 58.8 Å². The second kappa shape index (κ2) is 45.1. The molecule has 0 unspecified atom stereocenters. The van der Waals surface area contributed by atoms with E-state index in [1.807, 2.05) is 146 Å². The second-order valence-electron chi connectivity index (χ2n) is 33.2. The fourth-order valence-corrected chi connectivity index (χ4v) is 17.1. The van der Waals surface area contributed by atoms with Crippen molar-refractivity contribution in [2.45, 2.75) is 102 Å². The van der Waals surface area contributed by atoms with Gasteiger partial charge in [-0.25, -0.2) is 29.7 Å². The third kappa shape index (κ3) is 22.8. The number of carbonyl (C=O) groups is 5.